The summed E-state index contributed by atoms with van der Waals surface area (Å²) < 4.78 is 71.4. The van der Waals surface area contributed by atoms with Crippen LogP contribution < -0.4 is 27.0 Å². The first kappa shape index (κ1) is 42.8. The number of aliphatic hydroxyl groups is 6. The Morgan fingerprint density at radius 3 is 1.57 bits per heavy atom. The van der Waals surface area contributed by atoms with Gasteiger partial charge in [0, 0.05) is 12.3 Å². The van der Waals surface area contributed by atoms with Crippen LogP contribution in [0.4, 0.5) is 0 Å². The summed E-state index contributed by atoms with van der Waals surface area (Å²) in [6, 6.07) is 1.09. The summed E-state index contributed by atoms with van der Waals surface area (Å²) in [5, 5.41) is 56.9. The summed E-state index contributed by atoms with van der Waals surface area (Å²) in [6.45, 7) is -1.28. The summed E-state index contributed by atoms with van der Waals surface area (Å²) in [7, 11) is -23.9. The Bertz CT molecular complexity index is 1990. The molecule has 0 radical (unpaired) electrons. The van der Waals surface area contributed by atoms with Gasteiger partial charge in [0.15, 0.2) is 12.5 Å². The molecule has 2 saturated heterocycles. The first-order valence-corrected chi connectivity index (χ1v) is 19.1. The van der Waals surface area contributed by atoms with Crippen molar-refractivity contribution >= 4 is 31.3 Å². The van der Waals surface area contributed by atoms with Crippen LogP contribution in [0.5, 0.6) is 5.75 Å². The number of rotatable bonds is 12. The number of phosphoric ester groups is 1. The molecule has 2 aromatic heterocycles. The lowest BCUT2D eigenvalue weighted by atomic mass is 10.1. The normalized spacial score (nSPS) is 30.0. The zero-order valence-electron chi connectivity index (χ0n) is 24.6. The molecule has 11 atom stereocenters. The van der Waals surface area contributed by atoms with Crippen molar-refractivity contribution in [1.82, 2.24) is 19.1 Å². The average molecular weight is 824 g/mol. The van der Waals surface area contributed by atoms with Crippen molar-refractivity contribution in [2.45, 2.75) is 49.1 Å². The van der Waals surface area contributed by atoms with E-state index in [1.54, 1.807) is 4.98 Å². The molecular formula is C18H28N4O25P4. The van der Waals surface area contributed by atoms with E-state index in [2.05, 4.69) is 17.5 Å². The largest absolute Gasteiger partial charge is 0.536 e. The first-order chi connectivity index (χ1) is 23.3. The summed E-state index contributed by atoms with van der Waals surface area (Å²) in [5.74, 6) is -1.30. The molecule has 290 valence electrons. The first-order valence-electron chi connectivity index (χ1n) is 13.1. The van der Waals surface area contributed by atoms with Crippen molar-refractivity contribution in [2.75, 3.05) is 13.2 Å². The van der Waals surface area contributed by atoms with Crippen molar-refractivity contribution in [3.8, 4) is 5.75 Å². The summed E-state index contributed by atoms with van der Waals surface area (Å²) in [5.41, 5.74) is -4.18. The molecule has 2 fully saturated rings. The Labute approximate surface area is 279 Å². The zero-order valence-corrected chi connectivity index (χ0v) is 28.2. The third-order valence-corrected chi connectivity index (χ3v) is 11.6. The van der Waals surface area contributed by atoms with Crippen molar-refractivity contribution in [3.05, 3.63) is 60.1 Å². The minimum Gasteiger partial charge on any atom is -0.396 e. The van der Waals surface area contributed by atoms with Crippen LogP contribution in [-0.4, -0.2) is 124 Å². The van der Waals surface area contributed by atoms with Crippen LogP contribution in [0.1, 0.15) is 12.5 Å². The Morgan fingerprint density at radius 1 is 0.667 bits per heavy atom. The maximum absolute atomic E-state index is 12.0. The quantitative estimate of drug-likeness (QED) is 0.0886. The van der Waals surface area contributed by atoms with Crippen LogP contribution in [0.15, 0.2) is 37.6 Å². The number of aromatic amines is 2. The lowest BCUT2D eigenvalue weighted by Crippen LogP contribution is -2.38. The van der Waals surface area contributed by atoms with Crippen LogP contribution in [-0.2, 0) is 40.7 Å². The van der Waals surface area contributed by atoms with E-state index in [0.29, 0.717) is 10.8 Å². The Kier molecular flexibility index (Phi) is 13.6. The van der Waals surface area contributed by atoms with Crippen LogP contribution >= 0.6 is 31.3 Å². The highest BCUT2D eigenvalue weighted by Crippen LogP contribution is 2.70. The monoisotopic (exact) mass is 824 g/mol. The highest BCUT2D eigenvalue weighted by atomic mass is 31.3. The number of aromatic nitrogens is 4. The van der Waals surface area contributed by atoms with E-state index in [9.17, 15) is 67.7 Å². The lowest BCUT2D eigenvalue weighted by Gasteiger charge is -2.20. The number of ether oxygens (including phenoxy) is 2. The van der Waals surface area contributed by atoms with Gasteiger partial charge in [-0.05, 0) is 0 Å². The molecule has 2 aliphatic rings. The smallest absolute Gasteiger partial charge is 0.396 e. The van der Waals surface area contributed by atoms with E-state index in [4.69, 9.17) is 34.4 Å². The van der Waals surface area contributed by atoms with Crippen LogP contribution in [0.3, 0.4) is 0 Å². The lowest BCUT2D eigenvalue weighted by molar-refractivity contribution is -0.0552. The van der Waals surface area contributed by atoms with E-state index in [-0.39, 0.29) is 0 Å². The molecule has 0 aliphatic carbocycles. The number of phosphoric acid groups is 4. The molecule has 33 heteroatoms. The number of hydrogen-bond donors (Lipinski definition) is 13. The Balaban J connectivity index is 0.000000343. The van der Waals surface area contributed by atoms with Gasteiger partial charge in [-0.1, -0.05) is 0 Å². The second-order valence-electron chi connectivity index (χ2n) is 9.87. The molecule has 0 bridgehead atoms. The maximum atomic E-state index is 12.0. The minimum atomic E-state index is -6.17. The van der Waals surface area contributed by atoms with Crippen molar-refractivity contribution < 1.29 is 100 Å². The van der Waals surface area contributed by atoms with Gasteiger partial charge in [-0.15, -0.1) is 0 Å². The molecular weight excluding hydrogens is 796 g/mol. The Morgan fingerprint density at radius 2 is 1.12 bits per heavy atom. The van der Waals surface area contributed by atoms with Crippen LogP contribution in [0, 0.1) is 0 Å². The highest BCUT2D eigenvalue weighted by Gasteiger charge is 2.47. The molecule has 3 unspecified atom stereocenters. The van der Waals surface area contributed by atoms with Gasteiger partial charge in [0.05, 0.1) is 19.4 Å². The fraction of sp³-hybridized carbons (Fsp3) is 0.556. The van der Waals surface area contributed by atoms with E-state index in [1.165, 1.54) is 0 Å². The molecule has 2 aliphatic heterocycles. The average Bonchev–Trinajstić information content (AvgIpc) is 3.41. The van der Waals surface area contributed by atoms with Crippen LogP contribution in [0.2, 0.25) is 0 Å². The molecule has 4 rings (SSSR count). The fourth-order valence-electron chi connectivity index (χ4n) is 4.13. The van der Waals surface area contributed by atoms with Gasteiger partial charge in [-0.25, -0.2) is 27.8 Å². The summed E-state index contributed by atoms with van der Waals surface area (Å²) >= 11 is 0. The van der Waals surface area contributed by atoms with Crippen molar-refractivity contribution in [2.24, 2.45) is 0 Å². The molecule has 2 aromatic rings. The molecule has 51 heavy (non-hydrogen) atoms. The van der Waals surface area contributed by atoms with E-state index >= 15 is 0 Å². The number of nitrogens with zero attached hydrogens (tertiary/aromatic N) is 2. The maximum Gasteiger partial charge on any atom is 0.536 e. The molecule has 0 aromatic carbocycles. The standard InChI is InChI=1S/C9H16N2O19P4.C9H12N2O6/c12-2-4-5(13)6(14)8(26-4)11-1-3(7(15)10-9(11)16)27-32(20,21)29-34(24,25)30-33(22,23)28-31(17,18)19;12-3-4-6(14)7(15)8(17-4)11-2-1-5(13)10-9(11)16/h1,4-6,8,12-14H,2H2,(H,20,21)(H,22,23)(H,24,25)(H,10,15,16)(H2,17,18,19);1-2,4,6-8,12,14-15H,3H2,(H,10,13,16)/t4-,5-,6-,8-;4-,6-,7-,8-/m11/s1. The fourth-order valence-corrected chi connectivity index (χ4v) is 8.58. The van der Waals surface area contributed by atoms with E-state index in [0.717, 1.165) is 16.8 Å². The molecule has 0 saturated carbocycles. The van der Waals surface area contributed by atoms with Crippen LogP contribution in [0.25, 0.3) is 0 Å². The third kappa shape index (κ3) is 11.2. The molecule has 0 amide bonds. The highest BCUT2D eigenvalue weighted by molar-refractivity contribution is 7.69. The molecule has 0 spiro atoms. The third-order valence-electron chi connectivity index (χ3n) is 6.20. The van der Waals surface area contributed by atoms with Gasteiger partial charge in [0.1, 0.15) is 36.6 Å². The summed E-state index contributed by atoms with van der Waals surface area (Å²) in [6.07, 6.45) is -9.95. The van der Waals surface area contributed by atoms with Gasteiger partial charge < -0.3 is 64.2 Å². The second kappa shape index (κ2) is 16.2. The van der Waals surface area contributed by atoms with Gasteiger partial charge in [-0.3, -0.25) is 33.6 Å². The Hall–Kier alpha value is -2.56. The molecule has 13 N–H and O–H groups in total. The zero-order chi connectivity index (χ0) is 38.9. The van der Waals surface area contributed by atoms with Gasteiger partial charge in [0.25, 0.3) is 11.1 Å². The van der Waals surface area contributed by atoms with Gasteiger partial charge in [-0.2, -0.15) is 12.9 Å². The number of nitrogens with one attached hydrogen (secondary N) is 2. The van der Waals surface area contributed by atoms with Gasteiger partial charge >= 0.3 is 42.7 Å². The van der Waals surface area contributed by atoms with E-state index < -0.39 is 122 Å². The topological polar surface area (TPSA) is 456 Å². The van der Waals surface area contributed by atoms with E-state index in [1.807, 2.05) is 4.98 Å². The predicted octanol–water partition coefficient (Wildman–Crippen LogP) is -5.88. The second-order valence-corrected chi connectivity index (χ2v) is 15.8. The van der Waals surface area contributed by atoms with Crippen molar-refractivity contribution in [1.29, 1.82) is 0 Å². The van der Waals surface area contributed by atoms with Gasteiger partial charge in [0.2, 0.25) is 5.75 Å². The summed E-state index contributed by atoms with van der Waals surface area (Å²) in [4.78, 5) is 94.5. The number of aliphatic hydroxyl groups excluding tert-OH is 6. The minimum absolute atomic E-state index is 0.338. The molecule has 4 heterocycles. The predicted molar refractivity (Wildman–Crippen MR) is 154 cm³/mol. The number of hydrogen-bond acceptors (Lipinski definition) is 20. The molecule has 29 nitrogen and oxygen atoms in total. The number of H-pyrrole nitrogens is 2. The SMILES string of the molecule is O=c1[nH]c(=O)n([C@@H]2O[C@H](CO)[C@@H](O)[C@H]2O)cc1OP(=O)(O)OP(=O)(O)OP(=O)(O)OP(=O)(O)O.O=c1ccn([C@@H]2O[C@H](CO)[C@@H](O)[C@H]2O)c(=O)[nH]1. The van der Waals surface area contributed by atoms with Crippen molar-refractivity contribution in [3.63, 3.8) is 0 Å².